The molecule has 4 aromatic rings. The van der Waals surface area contributed by atoms with Gasteiger partial charge in [0.05, 0.1) is 32.0 Å². The Bertz CT molecular complexity index is 1630. The summed E-state index contributed by atoms with van der Waals surface area (Å²) in [7, 11) is 1.27. The first-order chi connectivity index (χ1) is 20.0. The minimum absolute atomic E-state index is 0.0133. The van der Waals surface area contributed by atoms with Crippen molar-refractivity contribution in [3.05, 3.63) is 82.9 Å². The minimum Gasteiger partial charge on any atom is -0.494 e. The molecule has 6 nitrogen and oxygen atoms in total. The van der Waals surface area contributed by atoms with E-state index in [9.17, 15) is 35.5 Å². The monoisotopic (exact) mass is 593 g/mol. The topological polar surface area (TPSA) is 73.3 Å². The number of benzene rings is 2. The van der Waals surface area contributed by atoms with E-state index in [2.05, 4.69) is 15.3 Å². The van der Waals surface area contributed by atoms with Gasteiger partial charge in [0.1, 0.15) is 34.4 Å². The summed E-state index contributed by atoms with van der Waals surface area (Å²) in [6.45, 7) is -1.95. The fourth-order valence-corrected chi connectivity index (χ4v) is 4.74. The minimum atomic E-state index is -4.89. The fraction of sp³-hybridized carbons (Fsp3) is 0.276. The van der Waals surface area contributed by atoms with E-state index < -0.39 is 60.6 Å². The van der Waals surface area contributed by atoms with Gasteiger partial charge >= 0.3 is 6.18 Å². The Balaban J connectivity index is 1.50. The lowest BCUT2D eigenvalue weighted by molar-refractivity contribution is -0.149. The number of aromatic nitrogens is 2. The average molecular weight is 593 g/mol. The molecule has 0 spiro atoms. The zero-order valence-corrected chi connectivity index (χ0v) is 21.8. The molecular weight excluding hydrogens is 571 g/mol. The van der Waals surface area contributed by atoms with Crippen LogP contribution in [0.15, 0.2) is 54.7 Å². The summed E-state index contributed by atoms with van der Waals surface area (Å²) in [6, 6.07) is 9.53. The van der Waals surface area contributed by atoms with Gasteiger partial charge in [-0.05, 0) is 48.5 Å². The molecule has 2 unspecified atom stereocenters. The van der Waals surface area contributed by atoms with Crippen LogP contribution in [-0.4, -0.2) is 49.0 Å². The fourth-order valence-electron chi connectivity index (χ4n) is 4.74. The van der Waals surface area contributed by atoms with Crippen molar-refractivity contribution in [3.8, 4) is 22.8 Å². The number of halogens is 7. The average Bonchev–Trinajstić information content (AvgIpc) is 3.38. The molecule has 0 radical (unpaired) electrons. The lowest BCUT2D eigenvalue weighted by Crippen LogP contribution is -2.35. The van der Waals surface area contributed by atoms with Crippen LogP contribution in [0.1, 0.15) is 45.4 Å². The number of rotatable bonds is 8. The summed E-state index contributed by atoms with van der Waals surface area (Å²) in [5.74, 6) is -4.49. The third kappa shape index (κ3) is 5.68. The molecule has 1 amide bonds. The van der Waals surface area contributed by atoms with Crippen LogP contribution < -0.4 is 14.8 Å². The van der Waals surface area contributed by atoms with Crippen LogP contribution in [0.2, 0.25) is 0 Å². The van der Waals surface area contributed by atoms with Gasteiger partial charge < -0.3 is 14.8 Å². The molecule has 1 aliphatic rings. The number of nitrogens with zero attached hydrogens (tertiary/aromatic N) is 2. The van der Waals surface area contributed by atoms with Gasteiger partial charge in [0, 0.05) is 40.4 Å². The zero-order valence-electron chi connectivity index (χ0n) is 21.8. The van der Waals surface area contributed by atoms with Gasteiger partial charge in [-0.2, -0.15) is 13.2 Å². The number of pyridine rings is 2. The maximum atomic E-state index is 14.4. The number of fused-ring (bicyclic) bond motifs is 2. The summed E-state index contributed by atoms with van der Waals surface area (Å²) < 4.78 is 108. The van der Waals surface area contributed by atoms with Crippen LogP contribution in [0.25, 0.3) is 22.2 Å². The van der Waals surface area contributed by atoms with E-state index in [1.165, 1.54) is 31.4 Å². The third-order valence-electron chi connectivity index (χ3n) is 6.92. The number of methoxy groups -OCH3 is 1. The molecular formula is C29H22F7N3O3. The van der Waals surface area contributed by atoms with Crippen molar-refractivity contribution in [1.29, 1.82) is 0 Å². The van der Waals surface area contributed by atoms with Crippen molar-refractivity contribution in [3.63, 3.8) is 0 Å². The van der Waals surface area contributed by atoms with Crippen LogP contribution in [0.4, 0.5) is 30.7 Å². The molecule has 2 atom stereocenters. The highest BCUT2D eigenvalue weighted by Crippen LogP contribution is 2.44. The lowest BCUT2D eigenvalue weighted by Gasteiger charge is -2.22. The van der Waals surface area contributed by atoms with Crippen molar-refractivity contribution in [1.82, 2.24) is 15.3 Å². The molecule has 2 aromatic heterocycles. The van der Waals surface area contributed by atoms with E-state index in [4.69, 9.17) is 9.47 Å². The summed E-state index contributed by atoms with van der Waals surface area (Å²) in [5.41, 5.74) is -0.426. The molecule has 2 aromatic carbocycles. The van der Waals surface area contributed by atoms with Crippen LogP contribution in [0.5, 0.6) is 11.5 Å². The molecule has 220 valence electrons. The smallest absolute Gasteiger partial charge is 0.398 e. The number of amides is 1. The first-order valence-electron chi connectivity index (χ1n) is 12.6. The van der Waals surface area contributed by atoms with Crippen LogP contribution in [0, 0.1) is 5.82 Å². The van der Waals surface area contributed by atoms with E-state index in [0.29, 0.717) is 0 Å². The Morgan fingerprint density at radius 1 is 1.14 bits per heavy atom. The molecule has 0 saturated carbocycles. The second-order valence-corrected chi connectivity index (χ2v) is 9.61. The summed E-state index contributed by atoms with van der Waals surface area (Å²) in [6.07, 6.45) is -6.76. The highest BCUT2D eigenvalue weighted by atomic mass is 19.4. The molecule has 42 heavy (non-hydrogen) atoms. The van der Waals surface area contributed by atoms with Gasteiger partial charge in [-0.1, -0.05) is 0 Å². The van der Waals surface area contributed by atoms with E-state index >= 15 is 0 Å². The van der Waals surface area contributed by atoms with Crippen LogP contribution in [-0.2, 0) is 0 Å². The standard InChI is InChI=1S/C29H22F7N3O3/c1-41-23-8-16(6-15-7-17(27(32)33)11-37-24(15)23)28(40)38-12-21(29(34,35)36)22-9-20-18(10-30)13-42-26(20)25(39-22)14-2-4-19(31)5-3-14/h2-9,11,18,21,27H,10,12-13H2,1H3,(H,38,40). The van der Waals surface area contributed by atoms with Gasteiger partial charge in [-0.25, -0.2) is 18.2 Å². The number of ether oxygens (including phenoxy) is 2. The highest BCUT2D eigenvalue weighted by molar-refractivity contribution is 6.00. The number of alkyl halides is 6. The van der Waals surface area contributed by atoms with Crippen molar-refractivity contribution < 1.29 is 45.0 Å². The van der Waals surface area contributed by atoms with Gasteiger partial charge in [0.2, 0.25) is 0 Å². The molecule has 1 aliphatic heterocycles. The van der Waals surface area contributed by atoms with Crippen molar-refractivity contribution >= 4 is 16.8 Å². The Morgan fingerprint density at radius 3 is 2.52 bits per heavy atom. The zero-order chi connectivity index (χ0) is 30.2. The van der Waals surface area contributed by atoms with E-state index in [1.807, 2.05) is 0 Å². The summed E-state index contributed by atoms with van der Waals surface area (Å²) in [5, 5.41) is 2.37. The van der Waals surface area contributed by atoms with E-state index in [0.717, 1.165) is 30.5 Å². The van der Waals surface area contributed by atoms with Gasteiger partial charge in [0.25, 0.3) is 12.3 Å². The van der Waals surface area contributed by atoms with Gasteiger partial charge in [0.15, 0.2) is 0 Å². The predicted octanol–water partition coefficient (Wildman–Crippen LogP) is 6.90. The number of hydrogen-bond acceptors (Lipinski definition) is 5. The number of carbonyl (C=O) groups is 1. The molecule has 3 heterocycles. The maximum absolute atomic E-state index is 14.4. The number of hydrogen-bond donors (Lipinski definition) is 1. The maximum Gasteiger partial charge on any atom is 0.398 e. The largest absolute Gasteiger partial charge is 0.494 e. The first kappa shape index (κ1) is 29.1. The third-order valence-corrected chi connectivity index (χ3v) is 6.92. The van der Waals surface area contributed by atoms with E-state index in [1.54, 1.807) is 0 Å². The Hall–Kier alpha value is -4.42. The van der Waals surface area contributed by atoms with Crippen LogP contribution >= 0.6 is 0 Å². The Morgan fingerprint density at radius 2 is 1.88 bits per heavy atom. The SMILES string of the molecule is COc1cc(C(=O)NCC(c2cc3c(c(-c4ccc(F)cc4)n2)OCC3CF)C(F)(F)F)cc2cc(C(F)F)cnc12. The number of carbonyl (C=O) groups excluding carboxylic acids is 1. The molecule has 0 bridgehead atoms. The van der Waals surface area contributed by atoms with Crippen molar-refractivity contribution in [2.45, 2.75) is 24.4 Å². The molecule has 5 rings (SSSR count). The molecule has 0 fully saturated rings. The van der Waals surface area contributed by atoms with Crippen LogP contribution in [0.3, 0.4) is 0 Å². The normalized spacial score (nSPS) is 15.4. The molecule has 0 saturated heterocycles. The summed E-state index contributed by atoms with van der Waals surface area (Å²) in [4.78, 5) is 21.1. The lowest BCUT2D eigenvalue weighted by atomic mass is 9.95. The summed E-state index contributed by atoms with van der Waals surface area (Å²) >= 11 is 0. The van der Waals surface area contributed by atoms with Gasteiger partial charge in [-0.3, -0.25) is 14.2 Å². The Labute approximate surface area is 234 Å². The highest BCUT2D eigenvalue weighted by Gasteiger charge is 2.43. The molecule has 13 heteroatoms. The second kappa shape index (κ2) is 11.5. The molecule has 1 N–H and O–H groups in total. The molecule has 0 aliphatic carbocycles. The first-order valence-corrected chi connectivity index (χ1v) is 12.6. The Kier molecular flexibility index (Phi) is 7.93. The quantitative estimate of drug-likeness (QED) is 0.225. The van der Waals surface area contributed by atoms with Crippen molar-refractivity contribution in [2.75, 3.05) is 26.9 Å². The van der Waals surface area contributed by atoms with E-state index in [-0.39, 0.29) is 51.4 Å². The van der Waals surface area contributed by atoms with Crippen molar-refractivity contribution in [2.24, 2.45) is 0 Å². The van der Waals surface area contributed by atoms with Gasteiger partial charge in [-0.15, -0.1) is 0 Å². The second-order valence-electron chi connectivity index (χ2n) is 9.61. The predicted molar refractivity (Wildman–Crippen MR) is 138 cm³/mol. The number of nitrogens with one attached hydrogen (secondary N) is 1.